The Morgan fingerprint density at radius 3 is 2.97 bits per heavy atom. The molecular formula is C24H29N3O2S. The van der Waals surface area contributed by atoms with Gasteiger partial charge < -0.3 is 15.0 Å². The number of nitrogens with zero attached hydrogens (tertiary/aromatic N) is 2. The SMILES string of the molecule is CCOc1ccc2nc(N3CCC[C@H](C(=O)NCCCc4ccccc4)C3)sc2c1. The van der Waals surface area contributed by atoms with Crippen LogP contribution in [-0.4, -0.2) is 37.1 Å². The van der Waals surface area contributed by atoms with E-state index in [-0.39, 0.29) is 11.8 Å². The van der Waals surface area contributed by atoms with Crippen LogP contribution in [0.3, 0.4) is 0 Å². The highest BCUT2D eigenvalue weighted by Crippen LogP contribution is 2.33. The van der Waals surface area contributed by atoms with Gasteiger partial charge in [0.15, 0.2) is 5.13 Å². The number of benzene rings is 2. The smallest absolute Gasteiger partial charge is 0.224 e. The zero-order valence-corrected chi connectivity index (χ0v) is 18.3. The maximum Gasteiger partial charge on any atom is 0.224 e. The first-order valence-electron chi connectivity index (χ1n) is 10.8. The fourth-order valence-corrected chi connectivity index (χ4v) is 4.97. The predicted molar refractivity (Wildman–Crippen MR) is 123 cm³/mol. The van der Waals surface area contributed by atoms with Gasteiger partial charge in [0.1, 0.15) is 5.75 Å². The molecule has 1 atom stereocenters. The lowest BCUT2D eigenvalue weighted by atomic mass is 9.97. The van der Waals surface area contributed by atoms with Gasteiger partial charge in [0, 0.05) is 19.6 Å². The van der Waals surface area contributed by atoms with Crippen LogP contribution in [0.5, 0.6) is 5.75 Å². The molecule has 1 fully saturated rings. The lowest BCUT2D eigenvalue weighted by Crippen LogP contribution is -2.43. The highest BCUT2D eigenvalue weighted by molar-refractivity contribution is 7.22. The molecule has 0 bridgehead atoms. The first-order chi connectivity index (χ1) is 14.7. The van der Waals surface area contributed by atoms with Crippen molar-refractivity contribution in [2.24, 2.45) is 5.92 Å². The third kappa shape index (κ3) is 5.11. The van der Waals surface area contributed by atoms with Gasteiger partial charge in [-0.25, -0.2) is 4.98 Å². The van der Waals surface area contributed by atoms with Gasteiger partial charge in [0.2, 0.25) is 5.91 Å². The summed E-state index contributed by atoms with van der Waals surface area (Å²) in [4.78, 5) is 19.8. The number of amides is 1. The number of anilines is 1. The number of aromatic nitrogens is 1. The molecule has 1 N–H and O–H groups in total. The molecule has 3 aromatic rings. The number of nitrogens with one attached hydrogen (secondary N) is 1. The topological polar surface area (TPSA) is 54.5 Å². The molecule has 1 saturated heterocycles. The normalized spacial score (nSPS) is 16.6. The quantitative estimate of drug-likeness (QED) is 0.536. The van der Waals surface area contributed by atoms with Crippen LogP contribution in [-0.2, 0) is 11.2 Å². The van der Waals surface area contributed by atoms with Gasteiger partial charge in [-0.2, -0.15) is 0 Å². The lowest BCUT2D eigenvalue weighted by molar-refractivity contribution is -0.125. The molecule has 2 aromatic carbocycles. The number of ether oxygens (including phenoxy) is 1. The van der Waals surface area contributed by atoms with Crippen molar-refractivity contribution in [1.82, 2.24) is 10.3 Å². The number of fused-ring (bicyclic) bond motifs is 1. The fraction of sp³-hybridized carbons (Fsp3) is 0.417. The van der Waals surface area contributed by atoms with Crippen LogP contribution in [0.25, 0.3) is 10.2 Å². The van der Waals surface area contributed by atoms with E-state index in [2.05, 4.69) is 40.5 Å². The van der Waals surface area contributed by atoms with E-state index >= 15 is 0 Å². The summed E-state index contributed by atoms with van der Waals surface area (Å²) in [5.41, 5.74) is 2.31. The maximum atomic E-state index is 12.7. The molecule has 1 aromatic heterocycles. The van der Waals surface area contributed by atoms with E-state index in [4.69, 9.17) is 9.72 Å². The Balaban J connectivity index is 1.31. The molecule has 0 aliphatic carbocycles. The van der Waals surface area contributed by atoms with Crippen molar-refractivity contribution in [2.75, 3.05) is 31.1 Å². The van der Waals surface area contributed by atoms with E-state index in [1.807, 2.05) is 25.1 Å². The summed E-state index contributed by atoms with van der Waals surface area (Å²) >= 11 is 1.68. The minimum Gasteiger partial charge on any atom is -0.494 e. The summed E-state index contributed by atoms with van der Waals surface area (Å²) in [7, 11) is 0. The molecule has 2 heterocycles. The Labute approximate surface area is 182 Å². The first kappa shape index (κ1) is 20.7. The number of rotatable bonds is 8. The Kier molecular flexibility index (Phi) is 6.84. The van der Waals surface area contributed by atoms with Crippen molar-refractivity contribution >= 4 is 32.6 Å². The average molecular weight is 424 g/mol. The first-order valence-corrected chi connectivity index (χ1v) is 11.6. The molecule has 0 unspecified atom stereocenters. The van der Waals surface area contributed by atoms with Gasteiger partial charge in [0.25, 0.3) is 0 Å². The number of carbonyl (C=O) groups excluding carboxylic acids is 1. The molecule has 0 radical (unpaired) electrons. The Bertz CT molecular complexity index is 973. The van der Waals surface area contributed by atoms with Crippen molar-refractivity contribution in [3.05, 3.63) is 54.1 Å². The number of hydrogen-bond acceptors (Lipinski definition) is 5. The summed E-state index contributed by atoms with van der Waals surface area (Å²) in [6, 6.07) is 16.5. The molecule has 1 aliphatic rings. The van der Waals surface area contributed by atoms with Crippen LogP contribution in [0.4, 0.5) is 5.13 Å². The van der Waals surface area contributed by atoms with Crippen molar-refractivity contribution in [2.45, 2.75) is 32.6 Å². The molecule has 30 heavy (non-hydrogen) atoms. The third-order valence-electron chi connectivity index (χ3n) is 5.51. The van der Waals surface area contributed by atoms with Crippen LogP contribution in [0.2, 0.25) is 0 Å². The standard InChI is InChI=1S/C24H29N3O2S/c1-2-29-20-12-13-21-22(16-20)30-24(26-21)27-15-7-11-19(17-27)23(28)25-14-6-10-18-8-4-3-5-9-18/h3-5,8-9,12-13,16,19H,2,6-7,10-11,14-15,17H2,1H3,(H,25,28)/t19-/m0/s1. The zero-order chi connectivity index (χ0) is 20.8. The highest BCUT2D eigenvalue weighted by atomic mass is 32.1. The van der Waals surface area contributed by atoms with Gasteiger partial charge in [0.05, 0.1) is 22.7 Å². The number of piperidine rings is 1. The maximum absolute atomic E-state index is 12.7. The predicted octanol–water partition coefficient (Wildman–Crippen LogP) is 4.66. The minimum atomic E-state index is 0.0291. The van der Waals surface area contributed by atoms with Crippen molar-refractivity contribution in [1.29, 1.82) is 0 Å². The molecule has 5 nitrogen and oxygen atoms in total. The van der Waals surface area contributed by atoms with E-state index < -0.39 is 0 Å². The fourth-order valence-electron chi connectivity index (χ4n) is 3.94. The monoisotopic (exact) mass is 423 g/mol. The summed E-state index contributed by atoms with van der Waals surface area (Å²) in [6.07, 6.45) is 3.92. The second-order valence-electron chi connectivity index (χ2n) is 7.72. The number of hydrogen-bond donors (Lipinski definition) is 1. The van der Waals surface area contributed by atoms with Crippen molar-refractivity contribution in [3.8, 4) is 5.75 Å². The molecular weight excluding hydrogens is 394 g/mol. The van der Waals surface area contributed by atoms with Crippen LogP contribution < -0.4 is 15.0 Å². The Morgan fingerprint density at radius 2 is 2.13 bits per heavy atom. The molecule has 0 spiro atoms. The zero-order valence-electron chi connectivity index (χ0n) is 17.5. The molecule has 4 rings (SSSR count). The van der Waals surface area contributed by atoms with E-state index in [9.17, 15) is 4.79 Å². The van der Waals surface area contributed by atoms with Crippen LogP contribution in [0, 0.1) is 5.92 Å². The molecule has 1 amide bonds. The van der Waals surface area contributed by atoms with E-state index in [0.717, 1.165) is 66.4 Å². The summed E-state index contributed by atoms with van der Waals surface area (Å²) < 4.78 is 6.73. The molecule has 0 saturated carbocycles. The lowest BCUT2D eigenvalue weighted by Gasteiger charge is -2.31. The second-order valence-corrected chi connectivity index (χ2v) is 8.73. The van der Waals surface area contributed by atoms with Crippen molar-refractivity contribution < 1.29 is 9.53 Å². The number of aryl methyl sites for hydroxylation is 1. The number of thiazole rings is 1. The van der Waals surface area contributed by atoms with Gasteiger partial charge in [-0.05, 0) is 56.4 Å². The van der Waals surface area contributed by atoms with Crippen molar-refractivity contribution in [3.63, 3.8) is 0 Å². The van der Waals surface area contributed by atoms with Crippen LogP contribution in [0.1, 0.15) is 31.7 Å². The van der Waals surface area contributed by atoms with Gasteiger partial charge in [-0.3, -0.25) is 4.79 Å². The minimum absolute atomic E-state index is 0.0291. The van der Waals surface area contributed by atoms with Gasteiger partial charge in [-0.15, -0.1) is 0 Å². The van der Waals surface area contributed by atoms with E-state index in [1.54, 1.807) is 11.3 Å². The van der Waals surface area contributed by atoms with E-state index in [1.165, 1.54) is 5.56 Å². The molecule has 6 heteroatoms. The van der Waals surface area contributed by atoms with Gasteiger partial charge in [-0.1, -0.05) is 41.7 Å². The van der Waals surface area contributed by atoms with E-state index in [0.29, 0.717) is 6.61 Å². The average Bonchev–Trinajstić information content (AvgIpc) is 3.21. The Morgan fingerprint density at radius 1 is 1.27 bits per heavy atom. The Hall–Kier alpha value is -2.60. The largest absolute Gasteiger partial charge is 0.494 e. The van der Waals surface area contributed by atoms with Crippen LogP contribution >= 0.6 is 11.3 Å². The highest BCUT2D eigenvalue weighted by Gasteiger charge is 2.27. The summed E-state index contributed by atoms with van der Waals surface area (Å²) in [5.74, 6) is 1.08. The third-order valence-corrected chi connectivity index (χ3v) is 6.59. The van der Waals surface area contributed by atoms with Gasteiger partial charge >= 0.3 is 0 Å². The van der Waals surface area contributed by atoms with Crippen LogP contribution in [0.15, 0.2) is 48.5 Å². The molecule has 158 valence electrons. The summed E-state index contributed by atoms with van der Waals surface area (Å²) in [6.45, 7) is 5.07. The summed E-state index contributed by atoms with van der Waals surface area (Å²) in [5, 5.41) is 4.14. The second kappa shape index (κ2) is 9.94. The number of carbonyl (C=O) groups is 1. The molecule has 1 aliphatic heterocycles.